The predicted molar refractivity (Wildman–Crippen MR) is 141 cm³/mol. The standard InChI is InChI=1S/C26H26FN5O2.C2H6/c1-17-15-30(16-28-17)23-11-6-19(14-24(23)34-3)13-20-5-4-12-31-25(20)29-18(2)26(33)32(31)22-9-7-21(27)8-10-22;1-2/h6-11,13-16,18H,4-5,12H2,1-3H3;1-2H3/b20-13+;. The fourth-order valence-electron chi connectivity index (χ4n) is 4.42. The van der Waals surface area contributed by atoms with E-state index < -0.39 is 6.04 Å². The smallest absolute Gasteiger partial charge is 0.270 e. The number of aromatic nitrogens is 2. The van der Waals surface area contributed by atoms with E-state index in [2.05, 4.69) is 11.1 Å². The third-order valence-corrected chi connectivity index (χ3v) is 6.08. The Balaban J connectivity index is 0.00000148. The number of ether oxygens (including phenoxy) is 1. The topological polar surface area (TPSA) is 63.0 Å². The van der Waals surface area contributed by atoms with Crippen molar-refractivity contribution in [3.05, 3.63) is 77.6 Å². The van der Waals surface area contributed by atoms with Crippen molar-refractivity contribution in [2.45, 2.75) is 46.6 Å². The van der Waals surface area contributed by atoms with Gasteiger partial charge < -0.3 is 9.30 Å². The van der Waals surface area contributed by atoms with Crippen molar-refractivity contribution in [2.24, 2.45) is 4.99 Å². The second-order valence-corrected chi connectivity index (χ2v) is 8.51. The van der Waals surface area contributed by atoms with Crippen molar-refractivity contribution in [2.75, 3.05) is 18.7 Å². The summed E-state index contributed by atoms with van der Waals surface area (Å²) in [5.41, 5.74) is 4.50. The number of methoxy groups -OCH3 is 1. The molecule has 2 aliphatic heterocycles. The van der Waals surface area contributed by atoms with Gasteiger partial charge in [0.15, 0.2) is 0 Å². The number of carbonyl (C=O) groups excluding carboxylic acids is 1. The fourth-order valence-corrected chi connectivity index (χ4v) is 4.42. The van der Waals surface area contributed by atoms with E-state index in [1.54, 1.807) is 37.5 Å². The summed E-state index contributed by atoms with van der Waals surface area (Å²) in [5.74, 6) is 1.05. The number of imidazole rings is 1. The largest absolute Gasteiger partial charge is 0.495 e. The van der Waals surface area contributed by atoms with Crippen molar-refractivity contribution in [1.29, 1.82) is 0 Å². The van der Waals surface area contributed by atoms with Crippen LogP contribution in [0.4, 0.5) is 10.1 Å². The first-order valence-electron chi connectivity index (χ1n) is 12.3. The highest BCUT2D eigenvalue weighted by Gasteiger charge is 2.37. The SMILES string of the molecule is CC.COc1cc(/C=C2\CCCN3C2=NC(C)C(=O)N3c2ccc(F)cc2)ccc1-n1cnc(C)c1. The highest BCUT2D eigenvalue weighted by atomic mass is 19.1. The second kappa shape index (κ2) is 10.8. The number of aliphatic imine (C=N–C) groups is 1. The molecule has 8 heteroatoms. The van der Waals surface area contributed by atoms with Crippen LogP contribution in [0, 0.1) is 12.7 Å². The minimum absolute atomic E-state index is 0.127. The van der Waals surface area contributed by atoms with Crippen LogP contribution in [-0.4, -0.2) is 46.0 Å². The molecule has 1 aromatic heterocycles. The molecular weight excluding hydrogens is 457 g/mol. The van der Waals surface area contributed by atoms with Crippen LogP contribution in [0.15, 0.2) is 65.6 Å². The van der Waals surface area contributed by atoms with Gasteiger partial charge in [0.2, 0.25) is 0 Å². The molecule has 0 bridgehead atoms. The molecule has 188 valence electrons. The number of benzene rings is 2. The lowest BCUT2D eigenvalue weighted by molar-refractivity contribution is -0.122. The Labute approximate surface area is 211 Å². The van der Waals surface area contributed by atoms with Gasteiger partial charge in [0.25, 0.3) is 5.91 Å². The van der Waals surface area contributed by atoms with Crippen molar-refractivity contribution in [3.63, 3.8) is 0 Å². The van der Waals surface area contributed by atoms with Gasteiger partial charge in [0, 0.05) is 12.7 Å². The van der Waals surface area contributed by atoms with Gasteiger partial charge in [0.05, 0.1) is 30.5 Å². The molecule has 1 atom stereocenters. The summed E-state index contributed by atoms with van der Waals surface area (Å²) in [6, 6.07) is 11.5. The number of fused-ring (bicyclic) bond motifs is 1. The average molecular weight is 490 g/mol. The molecule has 1 saturated heterocycles. The van der Waals surface area contributed by atoms with Gasteiger partial charge in [-0.25, -0.2) is 14.4 Å². The van der Waals surface area contributed by atoms with E-state index in [1.807, 2.05) is 54.7 Å². The quantitative estimate of drug-likeness (QED) is 0.480. The first-order valence-corrected chi connectivity index (χ1v) is 12.3. The summed E-state index contributed by atoms with van der Waals surface area (Å²) >= 11 is 0. The summed E-state index contributed by atoms with van der Waals surface area (Å²) in [5, 5.41) is 3.54. The van der Waals surface area contributed by atoms with Crippen LogP contribution in [0.25, 0.3) is 11.8 Å². The maximum atomic E-state index is 13.5. The van der Waals surface area contributed by atoms with Crippen LogP contribution < -0.4 is 9.75 Å². The summed E-state index contributed by atoms with van der Waals surface area (Å²) in [6.45, 7) is 8.40. The Morgan fingerprint density at radius 3 is 2.56 bits per heavy atom. The molecule has 1 unspecified atom stereocenters. The number of amides is 1. The molecule has 2 aliphatic rings. The van der Waals surface area contributed by atoms with E-state index in [4.69, 9.17) is 9.73 Å². The minimum atomic E-state index is -0.529. The number of rotatable bonds is 4. The van der Waals surface area contributed by atoms with Gasteiger partial charge in [-0.3, -0.25) is 14.8 Å². The molecular formula is C28H32FN5O2. The van der Waals surface area contributed by atoms with Crippen molar-refractivity contribution in [1.82, 2.24) is 14.6 Å². The molecule has 5 rings (SSSR count). The molecule has 36 heavy (non-hydrogen) atoms. The molecule has 0 aliphatic carbocycles. The lowest BCUT2D eigenvalue weighted by Gasteiger charge is -2.44. The Hall–Kier alpha value is -3.94. The molecule has 1 amide bonds. The summed E-state index contributed by atoms with van der Waals surface area (Å²) in [7, 11) is 1.65. The number of amidine groups is 1. The Bertz CT molecular complexity index is 1300. The number of anilines is 1. The van der Waals surface area contributed by atoms with Crippen LogP contribution in [0.1, 0.15) is 44.9 Å². The van der Waals surface area contributed by atoms with Gasteiger partial charge in [-0.2, -0.15) is 0 Å². The minimum Gasteiger partial charge on any atom is -0.495 e. The van der Waals surface area contributed by atoms with Gasteiger partial charge in [-0.05, 0) is 80.3 Å². The molecule has 1 fully saturated rings. The van der Waals surface area contributed by atoms with Crippen LogP contribution in [0.5, 0.6) is 5.75 Å². The second-order valence-electron chi connectivity index (χ2n) is 8.51. The fraction of sp³-hybridized carbons (Fsp3) is 0.321. The first-order chi connectivity index (χ1) is 17.4. The van der Waals surface area contributed by atoms with E-state index in [-0.39, 0.29) is 11.7 Å². The number of hydrogen-bond donors (Lipinski definition) is 0. The molecule has 0 N–H and O–H groups in total. The van der Waals surface area contributed by atoms with Crippen LogP contribution in [-0.2, 0) is 4.79 Å². The first kappa shape index (κ1) is 25.2. The van der Waals surface area contributed by atoms with Gasteiger partial charge >= 0.3 is 0 Å². The lowest BCUT2D eigenvalue weighted by atomic mass is 9.99. The Morgan fingerprint density at radius 2 is 1.89 bits per heavy atom. The van der Waals surface area contributed by atoms with E-state index in [0.29, 0.717) is 12.2 Å². The van der Waals surface area contributed by atoms with Gasteiger partial charge in [0.1, 0.15) is 23.4 Å². The third kappa shape index (κ3) is 4.89. The molecule has 0 saturated carbocycles. The van der Waals surface area contributed by atoms with Gasteiger partial charge in [-0.1, -0.05) is 19.9 Å². The summed E-state index contributed by atoms with van der Waals surface area (Å²) in [4.78, 5) is 22.1. The zero-order chi connectivity index (χ0) is 25.8. The highest BCUT2D eigenvalue weighted by Crippen LogP contribution is 2.32. The Morgan fingerprint density at radius 1 is 1.14 bits per heavy atom. The third-order valence-electron chi connectivity index (χ3n) is 6.08. The maximum Gasteiger partial charge on any atom is 0.270 e. The van der Waals surface area contributed by atoms with E-state index >= 15 is 0 Å². The number of aryl methyl sites for hydroxylation is 1. The number of hydrogen-bond acceptors (Lipinski definition) is 5. The zero-order valence-corrected chi connectivity index (χ0v) is 21.4. The lowest BCUT2D eigenvalue weighted by Crippen LogP contribution is -2.58. The maximum absolute atomic E-state index is 13.5. The van der Waals surface area contributed by atoms with Crippen molar-refractivity contribution < 1.29 is 13.9 Å². The number of nitrogens with zero attached hydrogens (tertiary/aromatic N) is 5. The predicted octanol–water partition coefficient (Wildman–Crippen LogP) is 5.58. The van der Waals surface area contributed by atoms with Crippen LogP contribution >= 0.6 is 0 Å². The Kier molecular flexibility index (Phi) is 7.52. The van der Waals surface area contributed by atoms with Crippen molar-refractivity contribution in [3.8, 4) is 11.4 Å². The van der Waals surface area contributed by atoms with Gasteiger partial charge in [-0.15, -0.1) is 0 Å². The molecule has 3 heterocycles. The highest BCUT2D eigenvalue weighted by molar-refractivity contribution is 6.11. The number of carbonyl (C=O) groups is 1. The summed E-state index contributed by atoms with van der Waals surface area (Å²) < 4.78 is 21.1. The summed E-state index contributed by atoms with van der Waals surface area (Å²) in [6.07, 6.45) is 7.53. The normalized spacial score (nSPS) is 18.4. The van der Waals surface area contributed by atoms with E-state index in [9.17, 15) is 9.18 Å². The molecule has 0 radical (unpaired) electrons. The number of hydrazine groups is 1. The van der Waals surface area contributed by atoms with E-state index in [0.717, 1.165) is 46.9 Å². The molecule has 7 nitrogen and oxygen atoms in total. The molecule has 2 aromatic carbocycles. The number of halogens is 1. The zero-order valence-electron chi connectivity index (χ0n) is 21.4. The van der Waals surface area contributed by atoms with E-state index in [1.165, 1.54) is 12.1 Å². The molecule has 0 spiro atoms. The molecule has 3 aromatic rings. The monoisotopic (exact) mass is 489 g/mol. The number of piperidine rings is 1. The van der Waals surface area contributed by atoms with Crippen molar-refractivity contribution >= 4 is 23.5 Å². The average Bonchev–Trinajstić information content (AvgIpc) is 3.33. The van der Waals surface area contributed by atoms with Crippen LogP contribution in [0.3, 0.4) is 0 Å². The van der Waals surface area contributed by atoms with Crippen LogP contribution in [0.2, 0.25) is 0 Å².